The van der Waals surface area contributed by atoms with Gasteiger partial charge in [-0.15, -0.1) is 0 Å². The Morgan fingerprint density at radius 1 is 1.67 bits per heavy atom. The molecule has 0 unspecified atom stereocenters. The zero-order chi connectivity index (χ0) is 6.78. The molecule has 0 aliphatic carbocycles. The van der Waals surface area contributed by atoms with Crippen molar-refractivity contribution in [3.05, 3.63) is 12.2 Å². The molecule has 0 spiro atoms. The molecular formula is C4H11NO3S. The van der Waals surface area contributed by atoms with Crippen LogP contribution in [0.2, 0.25) is 0 Å². The molecule has 9 heavy (non-hydrogen) atoms. The highest BCUT2D eigenvalue weighted by atomic mass is 32.2. The maximum Gasteiger partial charge on any atom is 0.268 e. The molecule has 0 aromatic heterocycles. The Morgan fingerprint density at radius 3 is 2.00 bits per heavy atom. The molecule has 56 valence electrons. The van der Waals surface area contributed by atoms with Crippen LogP contribution in [0.15, 0.2) is 12.2 Å². The van der Waals surface area contributed by atoms with Crippen molar-refractivity contribution in [3.8, 4) is 0 Å². The van der Waals surface area contributed by atoms with Crippen molar-refractivity contribution < 1.29 is 13.0 Å². The maximum absolute atomic E-state index is 9.94. The average Bonchev–Trinajstić information content (AvgIpc) is 1.21. The van der Waals surface area contributed by atoms with Crippen LogP contribution in [0.3, 0.4) is 0 Å². The van der Waals surface area contributed by atoms with Crippen LogP contribution in [0.5, 0.6) is 0 Å². The first-order valence-electron chi connectivity index (χ1n) is 2.01. The fraction of sp³-hybridized carbons (Fsp3) is 0.500. The SMILES string of the molecule is C=C(C)CS(=O)(=O)O.N. The third-order valence-electron chi connectivity index (χ3n) is 0.429. The van der Waals surface area contributed by atoms with Crippen molar-refractivity contribution in [2.45, 2.75) is 6.92 Å². The monoisotopic (exact) mass is 153 g/mol. The first-order chi connectivity index (χ1) is 3.42. The lowest BCUT2D eigenvalue weighted by Crippen LogP contribution is -2.03. The normalized spacial score (nSPS) is 10.0. The van der Waals surface area contributed by atoms with Gasteiger partial charge in [-0.3, -0.25) is 4.55 Å². The van der Waals surface area contributed by atoms with Gasteiger partial charge in [0.1, 0.15) is 0 Å². The summed E-state index contributed by atoms with van der Waals surface area (Å²) in [5, 5.41) is 0. The highest BCUT2D eigenvalue weighted by molar-refractivity contribution is 7.85. The zero-order valence-electron chi connectivity index (χ0n) is 5.29. The zero-order valence-corrected chi connectivity index (χ0v) is 6.11. The summed E-state index contributed by atoms with van der Waals surface area (Å²) < 4.78 is 28.0. The van der Waals surface area contributed by atoms with E-state index in [4.69, 9.17) is 4.55 Å². The number of hydrogen-bond donors (Lipinski definition) is 2. The highest BCUT2D eigenvalue weighted by Crippen LogP contribution is 1.91. The molecule has 0 radical (unpaired) electrons. The number of rotatable bonds is 2. The number of hydrogen-bond acceptors (Lipinski definition) is 3. The van der Waals surface area contributed by atoms with Gasteiger partial charge in [0.15, 0.2) is 0 Å². The molecular weight excluding hydrogens is 142 g/mol. The topological polar surface area (TPSA) is 89.4 Å². The molecule has 0 saturated heterocycles. The summed E-state index contributed by atoms with van der Waals surface area (Å²) in [7, 11) is -3.82. The molecule has 0 fully saturated rings. The first-order valence-corrected chi connectivity index (χ1v) is 3.62. The summed E-state index contributed by atoms with van der Waals surface area (Å²) in [6, 6.07) is 0. The van der Waals surface area contributed by atoms with E-state index in [1.54, 1.807) is 0 Å². The van der Waals surface area contributed by atoms with Crippen LogP contribution in [0.1, 0.15) is 6.92 Å². The van der Waals surface area contributed by atoms with Crippen molar-refractivity contribution in [2.75, 3.05) is 5.75 Å². The lowest BCUT2D eigenvalue weighted by atomic mass is 10.4. The van der Waals surface area contributed by atoms with Crippen LogP contribution in [0.4, 0.5) is 0 Å². The second kappa shape index (κ2) is 3.60. The van der Waals surface area contributed by atoms with Crippen LogP contribution >= 0.6 is 0 Å². The van der Waals surface area contributed by atoms with Crippen molar-refractivity contribution in [1.29, 1.82) is 0 Å². The van der Waals surface area contributed by atoms with Crippen LogP contribution in [0, 0.1) is 0 Å². The summed E-state index contributed by atoms with van der Waals surface area (Å²) in [4.78, 5) is 0. The Labute approximate surface area is 54.9 Å². The van der Waals surface area contributed by atoms with Crippen molar-refractivity contribution >= 4 is 10.1 Å². The van der Waals surface area contributed by atoms with Crippen molar-refractivity contribution in [3.63, 3.8) is 0 Å². The molecule has 0 saturated carbocycles. The van der Waals surface area contributed by atoms with Gasteiger partial charge in [0.05, 0.1) is 5.75 Å². The summed E-state index contributed by atoms with van der Waals surface area (Å²) in [6.45, 7) is 4.84. The van der Waals surface area contributed by atoms with E-state index < -0.39 is 10.1 Å². The molecule has 0 aliphatic rings. The third-order valence-corrected chi connectivity index (χ3v) is 1.29. The molecule has 4 nitrogen and oxygen atoms in total. The summed E-state index contributed by atoms with van der Waals surface area (Å²) in [5.41, 5.74) is 0.438. The highest BCUT2D eigenvalue weighted by Gasteiger charge is 2.01. The third kappa shape index (κ3) is 11.3. The fourth-order valence-corrected chi connectivity index (χ4v) is 0.934. The standard InChI is InChI=1S/C4H8O3S.H3N/c1-4(2)3-8(5,6)7;/h1,3H2,2H3,(H,5,6,7);1H3. The van der Waals surface area contributed by atoms with Crippen LogP contribution in [0.25, 0.3) is 0 Å². The van der Waals surface area contributed by atoms with Gasteiger partial charge in [-0.1, -0.05) is 12.2 Å². The lowest BCUT2D eigenvalue weighted by molar-refractivity contribution is 0.486. The minimum atomic E-state index is -3.82. The predicted molar refractivity (Wildman–Crippen MR) is 36.3 cm³/mol. The molecule has 4 N–H and O–H groups in total. The van der Waals surface area contributed by atoms with E-state index in [-0.39, 0.29) is 11.9 Å². The van der Waals surface area contributed by atoms with E-state index in [0.717, 1.165) is 0 Å². The van der Waals surface area contributed by atoms with E-state index >= 15 is 0 Å². The predicted octanol–water partition coefficient (Wildman–Crippen LogP) is 0.612. The van der Waals surface area contributed by atoms with Gasteiger partial charge in [0.25, 0.3) is 10.1 Å². The van der Waals surface area contributed by atoms with E-state index in [0.29, 0.717) is 5.57 Å². The van der Waals surface area contributed by atoms with Crippen molar-refractivity contribution in [1.82, 2.24) is 6.15 Å². The van der Waals surface area contributed by atoms with E-state index in [1.807, 2.05) is 0 Å². The molecule has 0 amide bonds. The van der Waals surface area contributed by atoms with Crippen LogP contribution < -0.4 is 6.15 Å². The smallest absolute Gasteiger partial charge is 0.268 e. The molecule has 0 heterocycles. The second-order valence-corrected chi connectivity index (χ2v) is 3.14. The fourth-order valence-electron chi connectivity index (χ4n) is 0.311. The van der Waals surface area contributed by atoms with Gasteiger partial charge in [0.2, 0.25) is 0 Å². The molecule has 0 bridgehead atoms. The molecule has 5 heteroatoms. The first kappa shape index (κ1) is 11.4. The van der Waals surface area contributed by atoms with Gasteiger partial charge in [-0.25, -0.2) is 0 Å². The Morgan fingerprint density at radius 2 is 2.00 bits per heavy atom. The summed E-state index contributed by atoms with van der Waals surface area (Å²) >= 11 is 0. The van der Waals surface area contributed by atoms with Gasteiger partial charge in [-0.2, -0.15) is 8.42 Å². The molecule has 0 aromatic carbocycles. The Balaban J connectivity index is 0. The van der Waals surface area contributed by atoms with Crippen LogP contribution in [-0.2, 0) is 10.1 Å². The largest absolute Gasteiger partial charge is 0.344 e. The minimum Gasteiger partial charge on any atom is -0.344 e. The Bertz CT molecular complexity index is 182. The minimum absolute atomic E-state index is 0. The maximum atomic E-state index is 9.94. The second-order valence-electron chi connectivity index (χ2n) is 1.68. The average molecular weight is 153 g/mol. The molecule has 0 aliphatic heterocycles. The Hall–Kier alpha value is -0.390. The van der Waals surface area contributed by atoms with Gasteiger partial charge in [-0.05, 0) is 6.92 Å². The molecule has 0 rings (SSSR count). The molecule has 0 atom stereocenters. The van der Waals surface area contributed by atoms with Gasteiger partial charge < -0.3 is 6.15 Å². The molecule has 0 aromatic rings. The summed E-state index contributed by atoms with van der Waals surface area (Å²) in [6.07, 6.45) is 0. The van der Waals surface area contributed by atoms with Gasteiger partial charge >= 0.3 is 0 Å². The van der Waals surface area contributed by atoms with E-state index in [1.165, 1.54) is 6.92 Å². The Kier molecular flexibility index (Phi) is 4.57. The van der Waals surface area contributed by atoms with Crippen LogP contribution in [-0.4, -0.2) is 18.7 Å². The quantitative estimate of drug-likeness (QED) is 0.449. The van der Waals surface area contributed by atoms with E-state index in [2.05, 4.69) is 6.58 Å². The van der Waals surface area contributed by atoms with Crippen molar-refractivity contribution in [2.24, 2.45) is 0 Å². The summed E-state index contributed by atoms with van der Waals surface area (Å²) in [5.74, 6) is -0.340. The van der Waals surface area contributed by atoms with E-state index in [9.17, 15) is 8.42 Å². The lowest BCUT2D eigenvalue weighted by Gasteiger charge is -1.90. The van der Waals surface area contributed by atoms with Gasteiger partial charge in [0, 0.05) is 0 Å².